The fourth-order valence-electron chi connectivity index (χ4n) is 2.92. The van der Waals surface area contributed by atoms with Crippen LogP contribution >= 0.6 is 22.6 Å². The van der Waals surface area contributed by atoms with Crippen molar-refractivity contribution in [3.8, 4) is 22.8 Å². The minimum Gasteiger partial charge on any atom is -0.493 e. The molecule has 178 valence electrons. The third-order valence-corrected chi connectivity index (χ3v) is 4.95. The SMILES string of the molecule is CCOC(=O)c1c(-c2ccc(OCC(=O)NN=Cc3ccc(I)o3)c(OC)c2)nc(=O)[nH]c1C. The molecule has 0 saturated heterocycles. The molecule has 0 aliphatic heterocycles. The molecule has 2 aromatic heterocycles. The molecule has 34 heavy (non-hydrogen) atoms. The monoisotopic (exact) mass is 580 g/mol. The van der Waals surface area contributed by atoms with E-state index in [0.717, 1.165) is 0 Å². The molecule has 0 aliphatic carbocycles. The van der Waals surface area contributed by atoms with E-state index in [1.807, 2.05) is 22.6 Å². The van der Waals surface area contributed by atoms with Crippen LogP contribution < -0.4 is 20.6 Å². The fourth-order valence-corrected chi connectivity index (χ4v) is 3.36. The summed E-state index contributed by atoms with van der Waals surface area (Å²) in [6.45, 7) is 3.10. The zero-order chi connectivity index (χ0) is 24.7. The molecule has 0 bridgehead atoms. The average Bonchev–Trinajstić information content (AvgIpc) is 3.22. The number of ether oxygens (including phenoxy) is 3. The van der Waals surface area contributed by atoms with Crippen molar-refractivity contribution in [2.45, 2.75) is 13.8 Å². The molecule has 0 radical (unpaired) electrons. The number of benzene rings is 1. The van der Waals surface area contributed by atoms with E-state index >= 15 is 0 Å². The summed E-state index contributed by atoms with van der Waals surface area (Å²) in [4.78, 5) is 42.9. The van der Waals surface area contributed by atoms with E-state index in [-0.39, 0.29) is 36.0 Å². The van der Waals surface area contributed by atoms with Crippen LogP contribution in [-0.4, -0.2) is 48.4 Å². The highest BCUT2D eigenvalue weighted by molar-refractivity contribution is 14.1. The van der Waals surface area contributed by atoms with Crippen LogP contribution in [0.5, 0.6) is 11.5 Å². The van der Waals surface area contributed by atoms with E-state index in [1.54, 1.807) is 44.2 Å². The molecule has 3 aromatic rings. The summed E-state index contributed by atoms with van der Waals surface area (Å²) >= 11 is 2.02. The molecule has 0 spiro atoms. The number of H-pyrrole nitrogens is 1. The largest absolute Gasteiger partial charge is 0.493 e. The van der Waals surface area contributed by atoms with Gasteiger partial charge in [-0.25, -0.2) is 15.0 Å². The van der Waals surface area contributed by atoms with Crippen molar-refractivity contribution in [1.29, 1.82) is 0 Å². The van der Waals surface area contributed by atoms with Crippen molar-refractivity contribution in [2.75, 3.05) is 20.3 Å². The number of esters is 1. The van der Waals surface area contributed by atoms with E-state index in [9.17, 15) is 14.4 Å². The highest BCUT2D eigenvalue weighted by Gasteiger charge is 2.21. The van der Waals surface area contributed by atoms with Gasteiger partial charge in [0.2, 0.25) is 0 Å². The molecule has 2 N–H and O–H groups in total. The Morgan fingerprint density at radius 2 is 2.06 bits per heavy atom. The number of hydrogen-bond donors (Lipinski definition) is 2. The number of nitrogens with one attached hydrogen (secondary N) is 2. The summed E-state index contributed by atoms with van der Waals surface area (Å²) in [5.74, 6) is -0.0768. The van der Waals surface area contributed by atoms with Gasteiger partial charge in [-0.3, -0.25) is 4.79 Å². The van der Waals surface area contributed by atoms with E-state index in [4.69, 9.17) is 18.6 Å². The maximum atomic E-state index is 12.4. The number of nitrogens with zero attached hydrogens (tertiary/aromatic N) is 2. The number of aromatic amines is 1. The van der Waals surface area contributed by atoms with Crippen molar-refractivity contribution in [3.05, 3.63) is 61.6 Å². The van der Waals surface area contributed by atoms with E-state index in [1.165, 1.54) is 13.3 Å². The zero-order valence-corrected chi connectivity index (χ0v) is 20.7. The lowest BCUT2D eigenvalue weighted by molar-refractivity contribution is -0.123. The van der Waals surface area contributed by atoms with Crippen molar-refractivity contribution in [2.24, 2.45) is 5.10 Å². The van der Waals surface area contributed by atoms with Crippen LogP contribution in [0, 0.1) is 10.7 Å². The number of furan rings is 1. The molecule has 1 amide bonds. The first kappa shape index (κ1) is 25.0. The highest BCUT2D eigenvalue weighted by atomic mass is 127. The first-order chi connectivity index (χ1) is 16.3. The van der Waals surface area contributed by atoms with Crippen LogP contribution in [0.15, 0.2) is 44.6 Å². The lowest BCUT2D eigenvalue weighted by Gasteiger charge is -2.14. The maximum absolute atomic E-state index is 12.4. The Hall–Kier alpha value is -3.68. The third kappa shape index (κ3) is 6.21. The lowest BCUT2D eigenvalue weighted by Crippen LogP contribution is -2.24. The van der Waals surface area contributed by atoms with Crippen molar-refractivity contribution < 1.29 is 28.2 Å². The zero-order valence-electron chi connectivity index (χ0n) is 18.5. The smallest absolute Gasteiger partial charge is 0.345 e. The van der Waals surface area contributed by atoms with Gasteiger partial charge in [0.25, 0.3) is 5.91 Å². The third-order valence-electron chi connectivity index (χ3n) is 4.37. The number of hydrazone groups is 1. The Morgan fingerprint density at radius 1 is 1.26 bits per heavy atom. The molecule has 0 atom stereocenters. The quantitative estimate of drug-likeness (QED) is 0.170. The summed E-state index contributed by atoms with van der Waals surface area (Å²) in [5.41, 5.74) is 2.77. The Labute approximate surface area is 207 Å². The standard InChI is InChI=1S/C22H21IN4O7/c1-4-32-21(29)19-12(2)25-22(30)26-20(19)13-5-7-15(16(9-13)31-3)33-11-18(28)27-24-10-14-6-8-17(23)34-14/h5-10H,4,11H2,1-3H3,(H,27,28)(H,25,26,30). The molecular formula is C22H21IN4O7. The fraction of sp³-hybridized carbons (Fsp3) is 0.227. The number of hydrogen-bond acceptors (Lipinski definition) is 9. The van der Waals surface area contributed by atoms with Crippen LogP contribution in [-0.2, 0) is 9.53 Å². The second-order valence-corrected chi connectivity index (χ2v) is 7.76. The Bertz CT molecular complexity index is 1280. The van der Waals surface area contributed by atoms with Crippen LogP contribution in [0.4, 0.5) is 0 Å². The summed E-state index contributed by atoms with van der Waals surface area (Å²) in [6.07, 6.45) is 1.37. The van der Waals surface area contributed by atoms with Gasteiger partial charge in [-0.05, 0) is 66.8 Å². The van der Waals surface area contributed by atoms with Gasteiger partial charge in [0.1, 0.15) is 11.3 Å². The lowest BCUT2D eigenvalue weighted by atomic mass is 10.0. The maximum Gasteiger partial charge on any atom is 0.345 e. The second kappa shape index (κ2) is 11.4. The van der Waals surface area contributed by atoms with Crippen LogP contribution in [0.2, 0.25) is 0 Å². The molecule has 0 fully saturated rings. The summed E-state index contributed by atoms with van der Waals surface area (Å²) in [5, 5.41) is 3.80. The summed E-state index contributed by atoms with van der Waals surface area (Å²) < 4.78 is 22.0. The summed E-state index contributed by atoms with van der Waals surface area (Å²) in [6, 6.07) is 8.17. The Morgan fingerprint density at radius 3 is 2.74 bits per heavy atom. The average molecular weight is 580 g/mol. The molecule has 11 nitrogen and oxygen atoms in total. The Balaban J connectivity index is 1.76. The second-order valence-electron chi connectivity index (χ2n) is 6.70. The number of halogens is 1. The normalized spacial score (nSPS) is 10.8. The first-order valence-corrected chi connectivity index (χ1v) is 11.1. The molecule has 1 aromatic carbocycles. The van der Waals surface area contributed by atoms with Gasteiger partial charge in [-0.1, -0.05) is 0 Å². The number of aromatic nitrogens is 2. The van der Waals surface area contributed by atoms with Crippen LogP contribution in [0.3, 0.4) is 0 Å². The molecule has 2 heterocycles. The predicted octanol–water partition coefficient (Wildman–Crippen LogP) is 2.66. The molecule has 0 saturated carbocycles. The number of methoxy groups -OCH3 is 1. The van der Waals surface area contributed by atoms with Gasteiger partial charge in [-0.15, -0.1) is 0 Å². The molecule has 3 rings (SSSR count). The van der Waals surface area contributed by atoms with Crippen molar-refractivity contribution in [1.82, 2.24) is 15.4 Å². The van der Waals surface area contributed by atoms with Gasteiger partial charge in [-0.2, -0.15) is 10.1 Å². The minimum atomic E-state index is -0.612. The van der Waals surface area contributed by atoms with Gasteiger partial charge >= 0.3 is 11.7 Å². The molecule has 0 aliphatic rings. The minimum absolute atomic E-state index is 0.139. The van der Waals surface area contributed by atoms with Crippen molar-refractivity contribution in [3.63, 3.8) is 0 Å². The van der Waals surface area contributed by atoms with Gasteiger partial charge in [0.05, 0.1) is 25.6 Å². The number of aryl methyl sites for hydroxylation is 1. The van der Waals surface area contributed by atoms with Crippen LogP contribution in [0.1, 0.15) is 28.7 Å². The molecule has 12 heteroatoms. The number of amides is 1. The van der Waals surface area contributed by atoms with Gasteiger partial charge in [0, 0.05) is 11.3 Å². The number of carbonyl (C=O) groups excluding carboxylic acids is 2. The van der Waals surface area contributed by atoms with Crippen LogP contribution in [0.25, 0.3) is 11.3 Å². The van der Waals surface area contributed by atoms with E-state index < -0.39 is 17.6 Å². The van der Waals surface area contributed by atoms with Gasteiger partial charge in [0.15, 0.2) is 21.9 Å². The molecular weight excluding hydrogens is 559 g/mol. The first-order valence-electron chi connectivity index (χ1n) is 9.98. The summed E-state index contributed by atoms with van der Waals surface area (Å²) in [7, 11) is 1.42. The highest BCUT2D eigenvalue weighted by Crippen LogP contribution is 2.33. The Kier molecular flexibility index (Phi) is 8.40. The van der Waals surface area contributed by atoms with Crippen molar-refractivity contribution >= 4 is 40.7 Å². The van der Waals surface area contributed by atoms with E-state index in [0.29, 0.717) is 20.8 Å². The number of carbonyl (C=O) groups is 2. The van der Waals surface area contributed by atoms with E-state index in [2.05, 4.69) is 20.5 Å². The topological polar surface area (TPSA) is 145 Å². The van der Waals surface area contributed by atoms with Gasteiger partial charge < -0.3 is 23.6 Å². The predicted molar refractivity (Wildman–Crippen MR) is 130 cm³/mol. The number of rotatable bonds is 9. The molecule has 0 unspecified atom stereocenters.